The zero-order valence-electron chi connectivity index (χ0n) is 17.1. The Morgan fingerprint density at radius 2 is 2.00 bits per heavy atom. The highest BCUT2D eigenvalue weighted by molar-refractivity contribution is 5.83. The molecule has 0 bridgehead atoms. The van der Waals surface area contributed by atoms with Crippen LogP contribution in [0.25, 0.3) is 0 Å². The number of aryl methyl sites for hydroxylation is 1. The first kappa shape index (κ1) is 21.0. The summed E-state index contributed by atoms with van der Waals surface area (Å²) in [5.74, 6) is 0.488. The van der Waals surface area contributed by atoms with Crippen molar-refractivity contribution in [3.63, 3.8) is 0 Å². The summed E-state index contributed by atoms with van der Waals surface area (Å²) in [6.07, 6.45) is -0.453. The van der Waals surface area contributed by atoms with Gasteiger partial charge in [0.15, 0.2) is 0 Å². The topological polar surface area (TPSA) is 56.1 Å². The molecule has 2 aromatic carbocycles. The Hall–Kier alpha value is -3.29. The zero-order chi connectivity index (χ0) is 22.2. The molecule has 0 saturated heterocycles. The lowest BCUT2D eigenvalue weighted by atomic mass is 10.0. The predicted molar refractivity (Wildman–Crippen MR) is 108 cm³/mol. The van der Waals surface area contributed by atoms with Crippen LogP contribution >= 0.6 is 0 Å². The van der Waals surface area contributed by atoms with E-state index < -0.39 is 17.8 Å². The van der Waals surface area contributed by atoms with Crippen molar-refractivity contribution in [1.82, 2.24) is 14.9 Å². The lowest BCUT2D eigenvalue weighted by molar-refractivity contribution is -0.137. The van der Waals surface area contributed by atoms with Crippen molar-refractivity contribution >= 4 is 5.91 Å². The minimum atomic E-state index is -4.40. The minimum Gasteiger partial charge on any atom is -0.497 e. The van der Waals surface area contributed by atoms with Crippen molar-refractivity contribution in [2.45, 2.75) is 24.6 Å². The first-order chi connectivity index (χ1) is 14.8. The largest absolute Gasteiger partial charge is 0.497 e. The van der Waals surface area contributed by atoms with Crippen molar-refractivity contribution in [3.8, 4) is 5.75 Å². The number of amides is 1. The lowest BCUT2D eigenvalue weighted by Crippen LogP contribution is -2.32. The van der Waals surface area contributed by atoms with Gasteiger partial charge in [0.05, 0.1) is 12.7 Å². The molecule has 1 aliphatic rings. The molecule has 31 heavy (non-hydrogen) atoms. The van der Waals surface area contributed by atoms with Crippen molar-refractivity contribution < 1.29 is 22.7 Å². The molecule has 4 rings (SSSR count). The van der Waals surface area contributed by atoms with E-state index in [0.29, 0.717) is 23.6 Å². The number of nitrogens with one attached hydrogen (secondary N) is 1. The van der Waals surface area contributed by atoms with Gasteiger partial charge in [-0.1, -0.05) is 30.3 Å². The number of hydrogen-bond donors (Lipinski definition) is 1. The Morgan fingerprint density at radius 1 is 1.23 bits per heavy atom. The fourth-order valence-electron chi connectivity index (χ4n) is 3.82. The van der Waals surface area contributed by atoms with Gasteiger partial charge >= 0.3 is 6.18 Å². The number of rotatable bonds is 6. The second-order valence-corrected chi connectivity index (χ2v) is 7.69. The molecule has 0 spiro atoms. The van der Waals surface area contributed by atoms with Gasteiger partial charge in [-0.05, 0) is 41.7 Å². The van der Waals surface area contributed by atoms with Gasteiger partial charge in [0.25, 0.3) is 0 Å². The number of hydrogen-bond acceptors (Lipinski definition) is 3. The summed E-state index contributed by atoms with van der Waals surface area (Å²) in [5, 5.41) is 3.03. The lowest BCUT2D eigenvalue weighted by Gasteiger charge is -2.20. The van der Waals surface area contributed by atoms with Gasteiger partial charge in [0, 0.05) is 25.4 Å². The molecule has 1 amide bonds. The Kier molecular flexibility index (Phi) is 5.47. The number of nitrogens with zero attached hydrogens (tertiary/aromatic N) is 2. The number of ether oxygens (including phenoxy) is 1. The third-order valence-electron chi connectivity index (χ3n) is 5.60. The van der Waals surface area contributed by atoms with Crippen LogP contribution in [-0.2, 0) is 18.0 Å². The highest BCUT2D eigenvalue weighted by atomic mass is 19.4. The summed E-state index contributed by atoms with van der Waals surface area (Å²) in [7, 11) is 3.40. The van der Waals surface area contributed by atoms with E-state index in [1.807, 2.05) is 35.9 Å². The average Bonchev–Trinajstić information content (AvgIpc) is 3.46. The maximum Gasteiger partial charge on any atom is 0.416 e. The van der Waals surface area contributed by atoms with E-state index in [9.17, 15) is 18.0 Å². The molecule has 0 radical (unpaired) electrons. The van der Waals surface area contributed by atoms with Gasteiger partial charge in [-0.15, -0.1) is 0 Å². The molecule has 162 valence electrons. The molecule has 3 atom stereocenters. The van der Waals surface area contributed by atoms with Crippen LogP contribution in [0, 0.1) is 5.92 Å². The molecule has 1 aromatic heterocycles. The first-order valence-electron chi connectivity index (χ1n) is 9.86. The Balaban J connectivity index is 1.55. The number of halogens is 3. The summed E-state index contributed by atoms with van der Waals surface area (Å²) < 4.78 is 46.2. The summed E-state index contributed by atoms with van der Waals surface area (Å²) in [4.78, 5) is 17.4. The molecule has 1 heterocycles. The number of benzene rings is 2. The van der Waals surface area contributed by atoms with Crippen LogP contribution in [0.2, 0.25) is 0 Å². The second kappa shape index (κ2) is 8.09. The fourth-order valence-corrected chi connectivity index (χ4v) is 3.82. The second-order valence-electron chi connectivity index (χ2n) is 7.69. The monoisotopic (exact) mass is 429 g/mol. The van der Waals surface area contributed by atoms with Crippen LogP contribution in [0.4, 0.5) is 13.2 Å². The first-order valence-corrected chi connectivity index (χ1v) is 9.86. The SMILES string of the molecule is COc1cccc(C(NC(=O)C2CC2c2cccc(C(F)(F)F)c2)c2nccn2C)c1. The molecule has 1 aliphatic carbocycles. The van der Waals surface area contributed by atoms with Crippen LogP contribution in [0.1, 0.15) is 40.9 Å². The van der Waals surface area contributed by atoms with Gasteiger partial charge < -0.3 is 14.6 Å². The van der Waals surface area contributed by atoms with Gasteiger partial charge in [0.1, 0.15) is 17.6 Å². The molecule has 3 aromatic rings. The molecular formula is C23H22F3N3O2. The molecule has 8 heteroatoms. The Bertz CT molecular complexity index is 1090. The van der Waals surface area contributed by atoms with Crippen molar-refractivity contribution in [2.24, 2.45) is 13.0 Å². The standard InChI is InChI=1S/C23H22F3N3O2/c1-29-10-9-27-21(29)20(15-6-4-8-17(12-15)31-2)28-22(30)19-13-18(19)14-5-3-7-16(11-14)23(24,25)26/h3-12,18-20H,13H2,1-2H3,(H,28,30). The highest BCUT2D eigenvalue weighted by Crippen LogP contribution is 2.48. The van der Waals surface area contributed by atoms with Crippen LogP contribution in [0.5, 0.6) is 5.75 Å². The quantitative estimate of drug-likeness (QED) is 0.630. The maximum atomic E-state index is 13.0. The van der Waals surface area contributed by atoms with Crippen molar-refractivity contribution in [1.29, 1.82) is 0 Å². The average molecular weight is 429 g/mol. The number of aromatic nitrogens is 2. The van der Waals surface area contributed by atoms with Crippen LogP contribution < -0.4 is 10.1 Å². The van der Waals surface area contributed by atoms with E-state index in [4.69, 9.17) is 4.74 Å². The maximum absolute atomic E-state index is 13.0. The summed E-state index contributed by atoms with van der Waals surface area (Å²) in [6, 6.07) is 12.0. The van der Waals surface area contributed by atoms with E-state index in [2.05, 4.69) is 10.3 Å². The number of methoxy groups -OCH3 is 1. The molecule has 5 nitrogen and oxygen atoms in total. The van der Waals surface area contributed by atoms with Crippen LogP contribution in [0.15, 0.2) is 60.9 Å². The van der Waals surface area contributed by atoms with E-state index in [1.165, 1.54) is 6.07 Å². The molecule has 1 fully saturated rings. The van der Waals surface area contributed by atoms with Crippen LogP contribution in [0.3, 0.4) is 0 Å². The van der Waals surface area contributed by atoms with E-state index >= 15 is 0 Å². The van der Waals surface area contributed by atoms with E-state index in [0.717, 1.165) is 17.7 Å². The van der Waals surface area contributed by atoms with Crippen LogP contribution in [-0.4, -0.2) is 22.6 Å². The van der Waals surface area contributed by atoms with E-state index in [-0.39, 0.29) is 17.7 Å². The number of imidazole rings is 1. The molecule has 3 unspecified atom stereocenters. The summed E-state index contributed by atoms with van der Waals surface area (Å²) in [6.45, 7) is 0. The molecule has 1 saturated carbocycles. The third kappa shape index (κ3) is 4.42. The minimum absolute atomic E-state index is 0.210. The molecule has 0 aliphatic heterocycles. The van der Waals surface area contributed by atoms with Crippen molar-refractivity contribution in [3.05, 3.63) is 83.4 Å². The van der Waals surface area contributed by atoms with Gasteiger partial charge in [-0.2, -0.15) is 13.2 Å². The van der Waals surface area contributed by atoms with E-state index in [1.54, 1.807) is 25.6 Å². The third-order valence-corrected chi connectivity index (χ3v) is 5.60. The smallest absolute Gasteiger partial charge is 0.416 e. The van der Waals surface area contributed by atoms with Crippen molar-refractivity contribution in [2.75, 3.05) is 7.11 Å². The van der Waals surface area contributed by atoms with Gasteiger partial charge in [0.2, 0.25) is 5.91 Å². The molecule has 1 N–H and O–H groups in total. The summed E-state index contributed by atoms with van der Waals surface area (Å²) >= 11 is 0. The number of carbonyl (C=O) groups is 1. The fraction of sp³-hybridized carbons (Fsp3) is 0.304. The summed E-state index contributed by atoms with van der Waals surface area (Å²) in [5.41, 5.74) is 0.640. The highest BCUT2D eigenvalue weighted by Gasteiger charge is 2.45. The van der Waals surface area contributed by atoms with Gasteiger partial charge in [-0.3, -0.25) is 4.79 Å². The predicted octanol–water partition coefficient (Wildman–Crippen LogP) is 4.46. The number of alkyl halides is 3. The normalized spacial score (nSPS) is 19.0. The Labute approximate surface area is 177 Å². The number of carbonyl (C=O) groups excluding carboxylic acids is 1. The molecular weight excluding hydrogens is 407 g/mol. The van der Waals surface area contributed by atoms with Gasteiger partial charge in [-0.25, -0.2) is 4.98 Å². The Morgan fingerprint density at radius 3 is 2.68 bits per heavy atom. The zero-order valence-corrected chi connectivity index (χ0v) is 17.1.